The zero-order valence-corrected chi connectivity index (χ0v) is 22.3. The van der Waals surface area contributed by atoms with Crippen molar-refractivity contribution < 1.29 is 18.0 Å². The summed E-state index contributed by atoms with van der Waals surface area (Å²) in [6.45, 7) is 1.97. The maximum absolute atomic E-state index is 13.1. The predicted molar refractivity (Wildman–Crippen MR) is 139 cm³/mol. The first kappa shape index (κ1) is 25.2. The van der Waals surface area contributed by atoms with Gasteiger partial charge in [0.1, 0.15) is 5.69 Å². The van der Waals surface area contributed by atoms with Crippen molar-refractivity contribution >= 4 is 55.7 Å². The Morgan fingerprint density at radius 2 is 1.94 bits per heavy atom. The summed E-state index contributed by atoms with van der Waals surface area (Å²) < 4.78 is 25.8. The largest absolute Gasteiger partial charge is 0.351 e. The number of halogens is 1. The van der Waals surface area contributed by atoms with Crippen molar-refractivity contribution in [2.24, 2.45) is 0 Å². The highest BCUT2D eigenvalue weighted by molar-refractivity contribution is 7.88. The lowest BCUT2D eigenvalue weighted by molar-refractivity contribution is 0.0847. The minimum atomic E-state index is -3.46. The van der Waals surface area contributed by atoms with Crippen LogP contribution in [0.1, 0.15) is 37.3 Å². The fourth-order valence-electron chi connectivity index (χ4n) is 4.66. The van der Waals surface area contributed by atoms with Crippen LogP contribution in [0.3, 0.4) is 0 Å². The van der Waals surface area contributed by atoms with Gasteiger partial charge in [-0.25, -0.2) is 13.4 Å². The number of rotatable bonds is 5. The molecule has 3 aromatic rings. The molecule has 2 unspecified atom stereocenters. The Labute approximate surface area is 218 Å². The fraction of sp³-hybridized carbons (Fsp3) is 0.435. The van der Waals surface area contributed by atoms with Crippen molar-refractivity contribution in [3.05, 3.63) is 50.6 Å². The van der Waals surface area contributed by atoms with E-state index in [0.29, 0.717) is 22.1 Å². The minimum Gasteiger partial charge on any atom is -0.351 e. The third kappa shape index (κ3) is 5.28. The van der Waals surface area contributed by atoms with Crippen LogP contribution in [0.5, 0.6) is 0 Å². The second kappa shape index (κ2) is 9.75. The summed E-state index contributed by atoms with van der Waals surface area (Å²) >= 11 is 7.44. The number of benzene rings is 1. The van der Waals surface area contributed by atoms with Gasteiger partial charge in [0.15, 0.2) is 5.01 Å². The molecule has 0 aliphatic carbocycles. The summed E-state index contributed by atoms with van der Waals surface area (Å²) in [7, 11) is -1.43. The summed E-state index contributed by atoms with van der Waals surface area (Å²) in [5, 5.41) is 7.66. The fourth-order valence-corrected chi connectivity index (χ4v) is 6.81. The van der Waals surface area contributed by atoms with E-state index in [9.17, 15) is 18.0 Å². The van der Waals surface area contributed by atoms with Crippen LogP contribution in [0, 0.1) is 0 Å². The van der Waals surface area contributed by atoms with E-state index in [-0.39, 0.29) is 19.0 Å². The number of aromatic nitrogens is 2. The first-order chi connectivity index (χ1) is 17.1. The van der Waals surface area contributed by atoms with Crippen molar-refractivity contribution in [2.75, 3.05) is 32.9 Å². The molecule has 2 aliphatic heterocycles. The van der Waals surface area contributed by atoms with E-state index in [4.69, 9.17) is 11.6 Å². The molecule has 0 radical (unpaired) electrons. The number of hydrogen-bond donors (Lipinski definition) is 3. The molecule has 0 spiro atoms. The lowest BCUT2D eigenvalue weighted by Crippen LogP contribution is -2.61. The predicted octanol–water partition coefficient (Wildman–Crippen LogP) is 1.83. The molecule has 1 fully saturated rings. The molecular weight excluding hydrogens is 524 g/mol. The van der Waals surface area contributed by atoms with Crippen LogP contribution in [0.25, 0.3) is 10.9 Å². The van der Waals surface area contributed by atoms with Gasteiger partial charge in [0, 0.05) is 53.4 Å². The second-order valence-corrected chi connectivity index (χ2v) is 12.9. The Morgan fingerprint density at radius 1 is 1.17 bits per heavy atom. The summed E-state index contributed by atoms with van der Waals surface area (Å²) in [6.07, 6.45) is 2.31. The Balaban J connectivity index is 1.34. The number of thiazole rings is 1. The summed E-state index contributed by atoms with van der Waals surface area (Å²) in [6, 6.07) is 5.88. The molecule has 2 aliphatic rings. The number of aromatic amines is 1. The van der Waals surface area contributed by atoms with Crippen LogP contribution in [0.4, 0.5) is 0 Å². The molecule has 3 N–H and O–H groups in total. The van der Waals surface area contributed by atoms with Crippen molar-refractivity contribution in [2.45, 2.75) is 31.5 Å². The average molecular weight is 551 g/mol. The van der Waals surface area contributed by atoms with Gasteiger partial charge in [-0.05, 0) is 37.7 Å². The highest BCUT2D eigenvalue weighted by Crippen LogP contribution is 2.25. The van der Waals surface area contributed by atoms with E-state index >= 15 is 0 Å². The van der Waals surface area contributed by atoms with E-state index < -0.39 is 28.0 Å². The van der Waals surface area contributed by atoms with Crippen molar-refractivity contribution in [1.82, 2.24) is 29.8 Å². The topological polar surface area (TPSA) is 128 Å². The lowest BCUT2D eigenvalue weighted by Gasteiger charge is -2.37. The Kier molecular flexibility index (Phi) is 6.81. The van der Waals surface area contributed by atoms with Crippen LogP contribution in [0.15, 0.2) is 24.3 Å². The van der Waals surface area contributed by atoms with Crippen LogP contribution in [0.2, 0.25) is 5.02 Å². The number of hydrogen-bond acceptors (Lipinski definition) is 7. The molecule has 10 nitrogen and oxygen atoms in total. The first-order valence-electron chi connectivity index (χ1n) is 11.6. The number of piperidine rings is 1. The van der Waals surface area contributed by atoms with Crippen molar-refractivity contribution in [3.63, 3.8) is 0 Å². The standard InChI is InChI=1S/C23H27ClN6O4S2/c1-29-7-5-17-20(12-29)35-23(28-17)22(32)26-16-6-8-30(36(2,33)34)11-19(16)27-21(31)18-10-13-9-14(24)3-4-15(13)25-18/h3-4,9-10,16,19,25H,5-8,11-12H2,1-2H3,(H,26,32)(H,27,31). The van der Waals surface area contributed by atoms with Gasteiger partial charge in [0.25, 0.3) is 11.8 Å². The normalized spacial score (nSPS) is 21.3. The van der Waals surface area contributed by atoms with E-state index in [0.717, 1.165) is 47.2 Å². The molecule has 1 saturated heterocycles. The Morgan fingerprint density at radius 3 is 2.72 bits per heavy atom. The Bertz CT molecular complexity index is 1440. The summed E-state index contributed by atoms with van der Waals surface area (Å²) in [5.74, 6) is -0.705. The van der Waals surface area contributed by atoms with Crippen LogP contribution in [-0.4, -0.2) is 84.4 Å². The quantitative estimate of drug-likeness (QED) is 0.445. The van der Waals surface area contributed by atoms with Crippen LogP contribution >= 0.6 is 22.9 Å². The summed E-state index contributed by atoms with van der Waals surface area (Å²) in [4.78, 5) is 37.1. The van der Waals surface area contributed by atoms with E-state index in [2.05, 4.69) is 25.5 Å². The Hall–Kier alpha value is -2.51. The van der Waals surface area contributed by atoms with E-state index in [1.54, 1.807) is 24.3 Å². The number of fused-ring (bicyclic) bond motifs is 2. The van der Waals surface area contributed by atoms with Gasteiger partial charge in [-0.2, -0.15) is 4.31 Å². The molecule has 4 heterocycles. The average Bonchev–Trinajstić information content (AvgIpc) is 3.43. The van der Waals surface area contributed by atoms with E-state index in [1.807, 2.05) is 7.05 Å². The number of likely N-dealkylation sites (N-methyl/N-ethyl adjacent to an activating group) is 1. The highest BCUT2D eigenvalue weighted by Gasteiger charge is 2.36. The second-order valence-electron chi connectivity index (χ2n) is 9.36. The van der Waals surface area contributed by atoms with Gasteiger partial charge in [-0.3, -0.25) is 9.59 Å². The molecule has 1 aromatic carbocycles. The molecule has 0 bridgehead atoms. The minimum absolute atomic E-state index is 0.0563. The number of nitrogens with one attached hydrogen (secondary N) is 3. The van der Waals surface area contributed by atoms with Gasteiger partial charge in [-0.1, -0.05) is 11.6 Å². The molecule has 192 valence electrons. The molecule has 36 heavy (non-hydrogen) atoms. The lowest BCUT2D eigenvalue weighted by atomic mass is 10.0. The zero-order valence-electron chi connectivity index (χ0n) is 19.9. The van der Waals surface area contributed by atoms with Crippen LogP contribution < -0.4 is 10.6 Å². The van der Waals surface area contributed by atoms with Gasteiger partial charge < -0.3 is 20.5 Å². The monoisotopic (exact) mass is 550 g/mol. The van der Waals surface area contributed by atoms with Gasteiger partial charge in [0.2, 0.25) is 10.0 Å². The molecule has 0 saturated carbocycles. The third-order valence-corrected chi connectivity index (χ3v) is 9.21. The van der Waals surface area contributed by atoms with Crippen LogP contribution in [-0.2, 0) is 23.0 Å². The molecule has 5 rings (SSSR count). The van der Waals surface area contributed by atoms with Crippen molar-refractivity contribution in [1.29, 1.82) is 0 Å². The SMILES string of the molecule is CN1CCc2nc(C(=O)NC3CCN(S(C)(=O)=O)CC3NC(=O)c3cc4cc(Cl)ccc4[nH]3)sc2C1. The molecule has 2 atom stereocenters. The molecular formula is C23H27ClN6O4S2. The number of amides is 2. The van der Waals surface area contributed by atoms with E-state index in [1.165, 1.54) is 15.6 Å². The van der Waals surface area contributed by atoms with Gasteiger partial charge in [0.05, 0.1) is 24.0 Å². The molecule has 13 heteroatoms. The number of carbonyl (C=O) groups excluding carboxylic acids is 2. The van der Waals surface area contributed by atoms with Gasteiger partial charge >= 0.3 is 0 Å². The number of carbonyl (C=O) groups is 2. The number of H-pyrrole nitrogens is 1. The zero-order chi connectivity index (χ0) is 25.6. The molecule has 2 aromatic heterocycles. The highest BCUT2D eigenvalue weighted by atomic mass is 35.5. The maximum Gasteiger partial charge on any atom is 0.280 e. The van der Waals surface area contributed by atoms with Gasteiger partial charge in [-0.15, -0.1) is 11.3 Å². The maximum atomic E-state index is 13.1. The summed E-state index contributed by atoms with van der Waals surface area (Å²) in [5.41, 5.74) is 2.04. The first-order valence-corrected chi connectivity index (χ1v) is 14.6. The third-order valence-electron chi connectivity index (χ3n) is 6.62. The number of sulfonamides is 1. The van der Waals surface area contributed by atoms with Crippen molar-refractivity contribution in [3.8, 4) is 0 Å². The smallest absolute Gasteiger partial charge is 0.280 e. The molecule has 2 amide bonds. The number of nitrogens with zero attached hydrogens (tertiary/aromatic N) is 3.